The molecule has 0 atom stereocenters. The summed E-state index contributed by atoms with van der Waals surface area (Å²) in [6.45, 7) is 6.17. The van der Waals surface area contributed by atoms with Crippen LogP contribution in [0, 0.1) is 0 Å². The van der Waals surface area contributed by atoms with Crippen LogP contribution in [0.5, 0.6) is 0 Å². The van der Waals surface area contributed by atoms with Gasteiger partial charge >= 0.3 is 0 Å². The minimum atomic E-state index is -1.32. The number of aromatic nitrogens is 2. The van der Waals surface area contributed by atoms with E-state index in [0.717, 1.165) is 5.56 Å². The van der Waals surface area contributed by atoms with Gasteiger partial charge in [0.05, 0.1) is 6.54 Å². The molecule has 9 heteroatoms. The lowest BCUT2D eigenvalue weighted by Crippen LogP contribution is -2.53. The molecule has 1 aromatic heterocycles. The average Bonchev–Trinajstić information content (AvgIpc) is 2.54. The molecular weight excluding hydrogens is 386 g/mol. The van der Waals surface area contributed by atoms with E-state index >= 15 is 0 Å². The first-order valence-electron chi connectivity index (χ1n) is 8.53. The molecule has 0 spiro atoms. The van der Waals surface area contributed by atoms with Crippen molar-refractivity contribution >= 4 is 34.3 Å². The molecule has 1 fully saturated rings. The van der Waals surface area contributed by atoms with Gasteiger partial charge in [0, 0.05) is 10.4 Å². The molecule has 1 saturated heterocycles. The summed E-state index contributed by atoms with van der Waals surface area (Å²) < 4.78 is 11.6. The van der Waals surface area contributed by atoms with Gasteiger partial charge in [-0.2, -0.15) is 0 Å². The van der Waals surface area contributed by atoms with Gasteiger partial charge in [0.25, 0.3) is 0 Å². The first-order valence-corrected chi connectivity index (χ1v) is 10.4. The topological polar surface area (TPSA) is 124 Å². The average molecular weight is 410 g/mol. The van der Waals surface area contributed by atoms with Gasteiger partial charge in [-0.25, -0.2) is 15.8 Å². The molecule has 0 radical (unpaired) electrons. The van der Waals surface area contributed by atoms with Gasteiger partial charge in [-0.15, -0.1) is 0 Å². The van der Waals surface area contributed by atoms with Gasteiger partial charge in [0.15, 0.2) is 11.4 Å². The smallest absolute Gasteiger partial charge is 0.198 e. The first kappa shape index (κ1) is 20.2. The van der Waals surface area contributed by atoms with Crippen LogP contribution in [0.1, 0.15) is 37.9 Å². The van der Waals surface area contributed by atoms with Gasteiger partial charge in [-0.1, -0.05) is 50.6 Å². The zero-order valence-corrected chi connectivity index (χ0v) is 17.1. The second-order valence-electron chi connectivity index (χ2n) is 7.86. The molecular formula is C18H24ClN5O2S. The van der Waals surface area contributed by atoms with Gasteiger partial charge in [0.1, 0.15) is 28.7 Å². The van der Waals surface area contributed by atoms with Crippen molar-refractivity contribution in [1.29, 1.82) is 0 Å². The van der Waals surface area contributed by atoms with E-state index < -0.39 is 16.8 Å². The molecule has 7 nitrogen and oxygen atoms in total. The van der Waals surface area contributed by atoms with Gasteiger partial charge in [-0.05, 0) is 22.8 Å². The van der Waals surface area contributed by atoms with Gasteiger partial charge < -0.3 is 15.4 Å². The monoisotopic (exact) mass is 409 g/mol. The number of anilines is 2. The lowest BCUT2D eigenvalue weighted by atomic mass is 9.94. The predicted octanol–water partition coefficient (Wildman–Crippen LogP) is 1.84. The molecule has 1 aliphatic rings. The molecule has 146 valence electrons. The number of nitrogens with zero attached hydrogens (tertiary/aromatic N) is 3. The Bertz CT molecular complexity index is 852. The van der Waals surface area contributed by atoms with Crippen LogP contribution in [-0.4, -0.2) is 31.1 Å². The van der Waals surface area contributed by atoms with Crippen molar-refractivity contribution in [3.63, 3.8) is 0 Å². The van der Waals surface area contributed by atoms with Crippen molar-refractivity contribution in [2.24, 2.45) is 5.84 Å². The van der Waals surface area contributed by atoms with Crippen LogP contribution >= 0.6 is 11.6 Å². The van der Waals surface area contributed by atoms with Crippen LogP contribution in [0.2, 0.25) is 5.02 Å². The molecule has 0 bridgehead atoms. The maximum Gasteiger partial charge on any atom is 0.198 e. The van der Waals surface area contributed by atoms with Crippen LogP contribution in [0.15, 0.2) is 24.3 Å². The number of halogens is 1. The highest BCUT2D eigenvalue weighted by molar-refractivity contribution is 7.92. The number of nitrogens with two attached hydrogens (primary N) is 2. The summed E-state index contributed by atoms with van der Waals surface area (Å²) in [6.07, 6.45) is 0. The van der Waals surface area contributed by atoms with Crippen LogP contribution in [-0.2, 0) is 28.7 Å². The summed E-state index contributed by atoms with van der Waals surface area (Å²) in [6, 6.07) is 7.37. The molecule has 1 aromatic carbocycles. The Balaban J connectivity index is 2.04. The molecule has 5 N–H and O–H groups in total. The van der Waals surface area contributed by atoms with Gasteiger partial charge in [-0.3, -0.25) is 5.01 Å². The second kappa shape index (κ2) is 7.10. The van der Waals surface area contributed by atoms with Crippen molar-refractivity contribution < 1.29 is 9.66 Å². The van der Waals surface area contributed by atoms with Crippen LogP contribution in [0.3, 0.4) is 0 Å². The fourth-order valence-electron chi connectivity index (χ4n) is 2.88. The molecule has 2 heterocycles. The van der Waals surface area contributed by atoms with E-state index in [4.69, 9.17) is 23.2 Å². The van der Waals surface area contributed by atoms with E-state index in [-0.39, 0.29) is 34.8 Å². The molecule has 27 heavy (non-hydrogen) atoms. The fourth-order valence-corrected chi connectivity index (χ4v) is 4.33. The highest BCUT2D eigenvalue weighted by Crippen LogP contribution is 2.39. The normalized spacial score (nSPS) is 22.4. The summed E-state index contributed by atoms with van der Waals surface area (Å²) in [7, 11) is 0. The first-order chi connectivity index (χ1) is 12.5. The van der Waals surface area contributed by atoms with Gasteiger partial charge in [0.2, 0.25) is 0 Å². The fraction of sp³-hybridized carbons (Fsp3) is 0.444. The SMILES string of the molecule is CC(C)(C)c1nc(N(N)Cc2ccccc2Cl)c(N)c(C2(O)C[S+]([O-])C2)n1. The maximum absolute atomic E-state index is 11.6. The minimum absolute atomic E-state index is 0.103. The summed E-state index contributed by atoms with van der Waals surface area (Å²) in [5.41, 5.74) is 5.88. The number of hydrogen-bond donors (Lipinski definition) is 3. The Morgan fingerprint density at radius 2 is 1.93 bits per heavy atom. The van der Waals surface area contributed by atoms with Crippen molar-refractivity contribution in [2.45, 2.75) is 38.3 Å². The molecule has 0 aliphatic carbocycles. The summed E-state index contributed by atoms with van der Waals surface area (Å²) in [5.74, 6) is 7.30. The van der Waals surface area contributed by atoms with E-state index in [0.29, 0.717) is 16.7 Å². The Morgan fingerprint density at radius 1 is 1.30 bits per heavy atom. The number of hydrogen-bond acceptors (Lipinski definition) is 7. The molecule has 0 unspecified atom stereocenters. The number of aliphatic hydroxyl groups is 1. The molecule has 1 aliphatic heterocycles. The van der Waals surface area contributed by atoms with E-state index in [1.165, 1.54) is 5.01 Å². The number of hydrazine groups is 1. The molecule has 0 saturated carbocycles. The Kier molecular flexibility index (Phi) is 5.31. The van der Waals surface area contributed by atoms with Crippen molar-refractivity contribution in [3.8, 4) is 0 Å². The number of nitrogen functional groups attached to an aromatic ring is 1. The number of benzene rings is 1. The van der Waals surface area contributed by atoms with Crippen molar-refractivity contribution in [1.82, 2.24) is 9.97 Å². The molecule has 0 amide bonds. The van der Waals surface area contributed by atoms with E-state index in [2.05, 4.69) is 9.97 Å². The highest BCUT2D eigenvalue weighted by atomic mass is 35.5. The zero-order valence-electron chi connectivity index (χ0n) is 15.6. The standard InChI is InChI=1S/C18H24ClN5O2S/c1-17(2,3)16-22-14(18(25)9-27(26)10-18)13(20)15(23-16)24(21)8-11-6-4-5-7-12(11)19/h4-7,25H,8-10,20-21H2,1-3H3. The lowest BCUT2D eigenvalue weighted by Gasteiger charge is -2.38. The Morgan fingerprint density at radius 3 is 2.48 bits per heavy atom. The second-order valence-corrected chi connectivity index (χ2v) is 9.73. The lowest BCUT2D eigenvalue weighted by molar-refractivity contribution is 0.0647. The third-order valence-corrected chi connectivity index (χ3v) is 6.38. The summed E-state index contributed by atoms with van der Waals surface area (Å²) >= 11 is 5.15. The van der Waals surface area contributed by atoms with Crippen LogP contribution in [0.25, 0.3) is 0 Å². The van der Waals surface area contributed by atoms with E-state index in [9.17, 15) is 9.66 Å². The third-order valence-electron chi connectivity index (χ3n) is 4.41. The zero-order chi connectivity index (χ0) is 20.0. The Labute approximate surface area is 166 Å². The van der Waals surface area contributed by atoms with E-state index in [1.54, 1.807) is 6.07 Å². The molecule has 3 rings (SSSR count). The van der Waals surface area contributed by atoms with Crippen molar-refractivity contribution in [2.75, 3.05) is 22.2 Å². The quantitative estimate of drug-likeness (QED) is 0.399. The van der Waals surface area contributed by atoms with Crippen LogP contribution < -0.4 is 16.6 Å². The van der Waals surface area contributed by atoms with Crippen LogP contribution in [0.4, 0.5) is 11.5 Å². The van der Waals surface area contributed by atoms with Crippen molar-refractivity contribution in [3.05, 3.63) is 46.4 Å². The predicted molar refractivity (Wildman–Crippen MR) is 109 cm³/mol. The third kappa shape index (κ3) is 4.00. The largest absolute Gasteiger partial charge is 0.616 e. The Hall–Kier alpha value is -1.58. The number of rotatable bonds is 4. The van der Waals surface area contributed by atoms with E-state index in [1.807, 2.05) is 39.0 Å². The maximum atomic E-state index is 11.6. The summed E-state index contributed by atoms with van der Waals surface area (Å²) in [5, 5.41) is 12.8. The molecule has 2 aromatic rings. The minimum Gasteiger partial charge on any atom is -0.616 e. The highest BCUT2D eigenvalue weighted by Gasteiger charge is 2.52. The summed E-state index contributed by atoms with van der Waals surface area (Å²) in [4.78, 5) is 9.07.